The highest BCUT2D eigenvalue weighted by molar-refractivity contribution is 8.00. The number of anilines is 1. The number of nitrogens with zero attached hydrogens (tertiary/aromatic N) is 3. The van der Waals surface area contributed by atoms with Crippen LogP contribution in [-0.2, 0) is 38.2 Å². The number of carbonyl (C=O) groups is 4. The molecule has 38 heavy (non-hydrogen) atoms. The van der Waals surface area contributed by atoms with E-state index in [0.717, 1.165) is 11.3 Å². The lowest BCUT2D eigenvalue weighted by atomic mass is 10.0. The number of rotatable bonds is 11. The number of nitrogens with one attached hydrogen (secondary N) is 1. The molecule has 1 aromatic heterocycles. The zero-order chi connectivity index (χ0) is 28.0. The molecule has 0 saturated carbocycles. The van der Waals surface area contributed by atoms with Gasteiger partial charge in [0.05, 0.1) is 6.61 Å². The van der Waals surface area contributed by atoms with E-state index in [0.29, 0.717) is 17.7 Å². The fourth-order valence-electron chi connectivity index (χ4n) is 3.39. The topological polar surface area (TPSA) is 181 Å². The molecular formula is C22H29N5O9S2. The Morgan fingerprint density at radius 3 is 2.63 bits per heavy atom. The largest absolute Gasteiger partial charge is 0.511 e. The second-order valence-corrected chi connectivity index (χ2v) is 10.6. The van der Waals surface area contributed by atoms with E-state index < -0.39 is 47.7 Å². The first-order chi connectivity index (χ1) is 18.0. The molecule has 14 nitrogen and oxygen atoms in total. The van der Waals surface area contributed by atoms with Gasteiger partial charge in [0.15, 0.2) is 10.8 Å². The molecule has 16 heteroatoms. The van der Waals surface area contributed by atoms with Crippen LogP contribution in [0.25, 0.3) is 0 Å². The summed E-state index contributed by atoms with van der Waals surface area (Å²) < 4.78 is 20.3. The molecule has 3 heterocycles. The van der Waals surface area contributed by atoms with Gasteiger partial charge in [0.2, 0.25) is 6.79 Å². The molecule has 2 aliphatic rings. The predicted octanol–water partition coefficient (Wildman–Crippen LogP) is 1.22. The average molecular weight is 572 g/mol. The van der Waals surface area contributed by atoms with Crippen LogP contribution in [-0.4, -0.2) is 89.9 Å². The van der Waals surface area contributed by atoms with Gasteiger partial charge in [-0.1, -0.05) is 12.1 Å². The van der Waals surface area contributed by atoms with Gasteiger partial charge in [-0.3, -0.25) is 14.5 Å². The number of oxime groups is 1. The maximum atomic E-state index is 13.1. The number of β-lactam (4-membered cyclic amide) rings is 1. The summed E-state index contributed by atoms with van der Waals surface area (Å²) in [5, 5.41) is 7.50. The normalized spacial score (nSPS) is 19.3. The summed E-state index contributed by atoms with van der Waals surface area (Å²) in [7, 11) is 2.72. The molecule has 3 rings (SSSR count). The predicted molar refractivity (Wildman–Crippen MR) is 137 cm³/mol. The van der Waals surface area contributed by atoms with Crippen LogP contribution in [0, 0.1) is 0 Å². The lowest BCUT2D eigenvalue weighted by Gasteiger charge is -2.49. The van der Waals surface area contributed by atoms with Gasteiger partial charge in [0.25, 0.3) is 11.8 Å². The number of nitrogen functional groups attached to an aromatic ring is 1. The van der Waals surface area contributed by atoms with Crippen LogP contribution >= 0.6 is 23.1 Å². The molecule has 2 atom stereocenters. The molecule has 3 N–H and O–H groups in total. The Bertz CT molecular complexity index is 1150. The molecule has 0 unspecified atom stereocenters. The van der Waals surface area contributed by atoms with Crippen LogP contribution in [0.3, 0.4) is 0 Å². The van der Waals surface area contributed by atoms with Crippen LogP contribution in [0.15, 0.2) is 21.8 Å². The summed E-state index contributed by atoms with van der Waals surface area (Å²) >= 11 is 2.45. The van der Waals surface area contributed by atoms with Crippen LogP contribution < -0.4 is 11.1 Å². The molecule has 1 aromatic rings. The van der Waals surface area contributed by atoms with Crippen molar-refractivity contribution in [1.82, 2.24) is 15.2 Å². The second kappa shape index (κ2) is 12.4. The lowest BCUT2D eigenvalue weighted by Crippen LogP contribution is -2.71. The Morgan fingerprint density at radius 1 is 1.29 bits per heavy atom. The van der Waals surface area contributed by atoms with Crippen LogP contribution in [0.1, 0.15) is 32.9 Å². The monoisotopic (exact) mass is 571 g/mol. The molecule has 0 spiro atoms. The van der Waals surface area contributed by atoms with Gasteiger partial charge < -0.3 is 34.8 Å². The maximum absolute atomic E-state index is 13.1. The highest BCUT2D eigenvalue weighted by Gasteiger charge is 2.54. The average Bonchev–Trinajstić information content (AvgIpc) is 3.30. The fourth-order valence-corrected chi connectivity index (χ4v) is 5.26. The molecule has 208 valence electrons. The molecule has 0 radical (unpaired) electrons. The number of hydrogen-bond acceptors (Lipinski definition) is 14. The smallest absolute Gasteiger partial charge is 0.428 e. The van der Waals surface area contributed by atoms with Gasteiger partial charge in [-0.05, 0) is 25.8 Å². The van der Waals surface area contributed by atoms with E-state index in [-0.39, 0.29) is 28.8 Å². The number of fused-ring (bicyclic) bond motifs is 1. The van der Waals surface area contributed by atoms with Gasteiger partial charge in [-0.2, -0.15) is 0 Å². The number of thioether (sulfide) groups is 1. The van der Waals surface area contributed by atoms with Gasteiger partial charge in [-0.15, -0.1) is 23.1 Å². The number of aromatic nitrogens is 1. The maximum Gasteiger partial charge on any atom is 0.511 e. The van der Waals surface area contributed by atoms with Crippen molar-refractivity contribution in [1.29, 1.82) is 0 Å². The summed E-state index contributed by atoms with van der Waals surface area (Å²) in [5.74, 6) is -1.80. The number of carbonyl (C=O) groups excluding carboxylic acids is 4. The molecule has 0 aromatic carbocycles. The quantitative estimate of drug-likeness (QED) is 0.128. The Balaban J connectivity index is 1.68. The van der Waals surface area contributed by atoms with Crippen molar-refractivity contribution in [2.45, 2.75) is 44.2 Å². The molecule has 1 saturated heterocycles. The first-order valence-corrected chi connectivity index (χ1v) is 13.3. The first kappa shape index (κ1) is 29.2. The minimum atomic E-state index is -0.994. The minimum absolute atomic E-state index is 0.0324. The third-order valence-corrected chi connectivity index (χ3v) is 7.60. The molecule has 2 amide bonds. The number of hydrogen-bond donors (Lipinski definition) is 2. The molecule has 0 aliphatic carbocycles. The van der Waals surface area contributed by atoms with Crippen molar-refractivity contribution in [3.63, 3.8) is 0 Å². The standard InChI is InChI=1S/C22H29N5O9S2/c1-6-22(2,3)36-21(31)35-10-34-19(30)15-11(7-32-4)8-37-18-14(17(29)27(15)18)25-16(28)13(26-33-5)12-9-38-20(23)24-12/h9,14,18H,6-8,10H2,1-5H3,(H2,23,24)(H,25,28)/b26-13-/t14-,18-/m1/s1. The van der Waals surface area contributed by atoms with Gasteiger partial charge >= 0.3 is 12.1 Å². The van der Waals surface area contributed by atoms with E-state index in [2.05, 4.69) is 15.5 Å². The van der Waals surface area contributed by atoms with E-state index >= 15 is 0 Å². The number of methoxy groups -OCH3 is 1. The third kappa shape index (κ3) is 6.54. The van der Waals surface area contributed by atoms with Crippen molar-refractivity contribution in [3.8, 4) is 0 Å². The molecule has 2 aliphatic heterocycles. The van der Waals surface area contributed by atoms with Crippen molar-refractivity contribution in [2.75, 3.05) is 39.1 Å². The number of amides is 2. The number of nitrogens with two attached hydrogens (primary N) is 1. The van der Waals surface area contributed by atoms with Crippen molar-refractivity contribution >= 4 is 57.9 Å². The van der Waals surface area contributed by atoms with Crippen molar-refractivity contribution in [2.24, 2.45) is 5.16 Å². The third-order valence-electron chi connectivity index (χ3n) is 5.59. The van der Waals surface area contributed by atoms with E-state index in [4.69, 9.17) is 29.5 Å². The van der Waals surface area contributed by atoms with Crippen LogP contribution in [0.4, 0.5) is 9.93 Å². The summed E-state index contributed by atoms with van der Waals surface area (Å²) in [6.07, 6.45) is -0.439. The fraction of sp³-hybridized carbons (Fsp3) is 0.545. The van der Waals surface area contributed by atoms with Crippen molar-refractivity contribution in [3.05, 3.63) is 22.3 Å². The van der Waals surface area contributed by atoms with Gasteiger partial charge in [-0.25, -0.2) is 14.6 Å². The van der Waals surface area contributed by atoms with Crippen LogP contribution in [0.2, 0.25) is 0 Å². The highest BCUT2D eigenvalue weighted by Crippen LogP contribution is 2.40. The summed E-state index contributed by atoms with van der Waals surface area (Å²) in [4.78, 5) is 60.8. The van der Waals surface area contributed by atoms with Gasteiger partial charge in [0.1, 0.15) is 35.5 Å². The number of ether oxygens (including phenoxy) is 4. The Hall–Kier alpha value is -3.37. The minimum Gasteiger partial charge on any atom is -0.428 e. The lowest BCUT2D eigenvalue weighted by molar-refractivity contribution is -0.158. The SMILES string of the molecule is CCC(C)(C)OC(=O)OCOC(=O)C1=C(COC)CS[C@@H]2[C@H](NC(=O)/C(=N\OC)c3csc(N)n3)C(=O)N12. The number of thiazole rings is 1. The highest BCUT2D eigenvalue weighted by atomic mass is 32.2. The van der Waals surface area contributed by atoms with Gasteiger partial charge in [0, 0.05) is 18.2 Å². The summed E-state index contributed by atoms with van der Waals surface area (Å²) in [5.41, 5.74) is 5.42. The van der Waals surface area contributed by atoms with E-state index in [1.807, 2.05) is 6.92 Å². The Kier molecular flexibility index (Phi) is 9.56. The van der Waals surface area contributed by atoms with E-state index in [9.17, 15) is 19.2 Å². The summed E-state index contributed by atoms with van der Waals surface area (Å²) in [6.45, 7) is 4.61. The molecule has 1 fully saturated rings. The zero-order valence-electron chi connectivity index (χ0n) is 21.5. The Morgan fingerprint density at radius 2 is 2.03 bits per heavy atom. The van der Waals surface area contributed by atoms with E-state index in [1.54, 1.807) is 13.8 Å². The first-order valence-electron chi connectivity index (χ1n) is 11.3. The van der Waals surface area contributed by atoms with Crippen LogP contribution in [0.5, 0.6) is 0 Å². The summed E-state index contributed by atoms with van der Waals surface area (Å²) in [6, 6.07) is -0.958. The second-order valence-electron chi connectivity index (χ2n) is 8.60. The Labute approximate surface area is 226 Å². The molecule has 0 bridgehead atoms. The van der Waals surface area contributed by atoms with E-state index in [1.165, 1.54) is 36.3 Å². The zero-order valence-corrected chi connectivity index (χ0v) is 23.1. The number of esters is 1. The van der Waals surface area contributed by atoms with Crippen molar-refractivity contribution < 1.29 is 43.0 Å². The molecular weight excluding hydrogens is 542 g/mol.